The van der Waals surface area contributed by atoms with Crippen LogP contribution in [0.25, 0.3) is 0 Å². The molecular weight excluding hydrogens is 298 g/mol. The zero-order chi connectivity index (χ0) is 14.1. The number of aromatic nitrogens is 1. The highest BCUT2D eigenvalue weighted by atomic mass is 32.2. The highest BCUT2D eigenvalue weighted by Gasteiger charge is 2.56. The molecule has 0 bridgehead atoms. The summed E-state index contributed by atoms with van der Waals surface area (Å²) >= 11 is 3.96. The molecule has 1 saturated carbocycles. The van der Waals surface area contributed by atoms with Crippen LogP contribution in [0, 0.1) is 11.3 Å². The predicted molar refractivity (Wildman–Crippen MR) is 90.9 cm³/mol. The molecule has 21 heavy (non-hydrogen) atoms. The van der Waals surface area contributed by atoms with E-state index in [-0.39, 0.29) is 0 Å². The van der Waals surface area contributed by atoms with E-state index < -0.39 is 0 Å². The second-order valence-corrected chi connectivity index (χ2v) is 9.05. The number of piperidine rings is 1. The van der Waals surface area contributed by atoms with Crippen molar-refractivity contribution in [2.24, 2.45) is 11.3 Å². The zero-order valence-corrected chi connectivity index (χ0v) is 14.2. The van der Waals surface area contributed by atoms with Crippen LogP contribution in [0.15, 0.2) is 11.6 Å². The van der Waals surface area contributed by atoms with Crippen molar-refractivity contribution in [3.05, 3.63) is 16.6 Å². The fourth-order valence-corrected chi connectivity index (χ4v) is 6.08. The summed E-state index contributed by atoms with van der Waals surface area (Å²) in [7, 11) is 0. The molecule has 2 atom stereocenters. The van der Waals surface area contributed by atoms with Crippen LogP contribution in [-0.4, -0.2) is 47.1 Å². The van der Waals surface area contributed by atoms with Crippen molar-refractivity contribution in [3.8, 4) is 0 Å². The Morgan fingerprint density at radius 1 is 1.38 bits per heavy atom. The third kappa shape index (κ3) is 3.16. The highest BCUT2D eigenvalue weighted by Crippen LogP contribution is 2.56. The minimum absolute atomic E-state index is 0.647. The molecule has 2 unspecified atom stereocenters. The van der Waals surface area contributed by atoms with E-state index in [1.807, 2.05) is 17.5 Å². The van der Waals surface area contributed by atoms with Crippen LogP contribution in [0.4, 0.5) is 0 Å². The molecule has 3 aliphatic rings. The molecule has 3 nitrogen and oxygen atoms in total. The lowest BCUT2D eigenvalue weighted by Crippen LogP contribution is -2.38. The molecule has 3 fully saturated rings. The highest BCUT2D eigenvalue weighted by molar-refractivity contribution is 7.99. The molecule has 5 heteroatoms. The Bertz CT molecular complexity index is 450. The van der Waals surface area contributed by atoms with E-state index in [9.17, 15) is 0 Å². The van der Waals surface area contributed by atoms with E-state index in [0.717, 1.165) is 18.5 Å². The van der Waals surface area contributed by atoms with Crippen molar-refractivity contribution in [1.82, 2.24) is 15.2 Å². The van der Waals surface area contributed by atoms with Gasteiger partial charge in [-0.25, -0.2) is 4.98 Å². The van der Waals surface area contributed by atoms with Gasteiger partial charge in [0.2, 0.25) is 0 Å². The van der Waals surface area contributed by atoms with E-state index in [1.165, 1.54) is 61.8 Å². The van der Waals surface area contributed by atoms with Crippen LogP contribution in [-0.2, 0) is 6.54 Å². The van der Waals surface area contributed by atoms with E-state index in [4.69, 9.17) is 0 Å². The first-order chi connectivity index (χ1) is 10.4. The van der Waals surface area contributed by atoms with Gasteiger partial charge in [-0.05, 0) is 61.6 Å². The van der Waals surface area contributed by atoms with Gasteiger partial charge in [0, 0.05) is 24.2 Å². The minimum atomic E-state index is 0.647. The summed E-state index contributed by atoms with van der Waals surface area (Å²) in [6.45, 7) is 4.83. The van der Waals surface area contributed by atoms with Crippen molar-refractivity contribution in [3.63, 3.8) is 0 Å². The van der Waals surface area contributed by atoms with E-state index in [2.05, 4.69) is 32.3 Å². The van der Waals surface area contributed by atoms with Gasteiger partial charge in [-0.2, -0.15) is 11.8 Å². The summed E-state index contributed by atoms with van der Waals surface area (Å²) in [6, 6.07) is 0.828. The van der Waals surface area contributed by atoms with Gasteiger partial charge in [0.25, 0.3) is 0 Å². The van der Waals surface area contributed by atoms with Crippen LogP contribution in [0.5, 0.6) is 0 Å². The Morgan fingerprint density at radius 2 is 2.29 bits per heavy atom. The lowest BCUT2D eigenvalue weighted by molar-refractivity contribution is 0.174. The minimum Gasteiger partial charge on any atom is -0.317 e. The number of hydrogen-bond acceptors (Lipinski definition) is 5. The monoisotopic (exact) mass is 323 g/mol. The van der Waals surface area contributed by atoms with Crippen LogP contribution in [0.2, 0.25) is 0 Å². The Labute approximate surface area is 135 Å². The molecule has 2 saturated heterocycles. The molecular formula is C16H25N3S2. The second-order valence-electron chi connectivity index (χ2n) is 6.92. The molecule has 1 aromatic rings. The molecule has 1 N–H and O–H groups in total. The lowest BCUT2D eigenvalue weighted by Gasteiger charge is -2.30. The van der Waals surface area contributed by atoms with Crippen LogP contribution in [0.1, 0.15) is 30.7 Å². The van der Waals surface area contributed by atoms with Gasteiger partial charge in [0.1, 0.15) is 5.01 Å². The van der Waals surface area contributed by atoms with Crippen molar-refractivity contribution in [2.45, 2.75) is 38.3 Å². The van der Waals surface area contributed by atoms with E-state index >= 15 is 0 Å². The molecule has 1 spiro atoms. The number of thioether (sulfide) groups is 1. The molecule has 1 aliphatic carbocycles. The molecule has 3 heterocycles. The zero-order valence-electron chi connectivity index (χ0n) is 12.6. The van der Waals surface area contributed by atoms with Crippen LogP contribution >= 0.6 is 23.1 Å². The molecule has 0 amide bonds. The number of rotatable bonds is 5. The fourth-order valence-electron chi connectivity index (χ4n) is 4.17. The second kappa shape index (κ2) is 6.19. The molecule has 4 rings (SSSR count). The Morgan fingerprint density at radius 3 is 3.00 bits per heavy atom. The van der Waals surface area contributed by atoms with Crippen molar-refractivity contribution >= 4 is 23.1 Å². The predicted octanol–water partition coefficient (Wildman–Crippen LogP) is 2.84. The van der Waals surface area contributed by atoms with Crippen LogP contribution < -0.4 is 5.32 Å². The number of hydrogen-bond donors (Lipinski definition) is 1. The summed E-state index contributed by atoms with van der Waals surface area (Å²) in [5, 5.41) is 6.95. The standard InChI is InChI=1S/C16H25N3S2/c1-7-20-12-13(1)10-19(11-15-18-6-8-21-15)14-9-16(14)2-4-17-5-3-16/h6,8,13-14,17H,1-5,7,9-12H2. The summed E-state index contributed by atoms with van der Waals surface area (Å²) in [4.78, 5) is 7.33. The first kappa shape index (κ1) is 14.5. The van der Waals surface area contributed by atoms with Gasteiger partial charge >= 0.3 is 0 Å². The van der Waals surface area contributed by atoms with E-state index in [0.29, 0.717) is 5.41 Å². The maximum absolute atomic E-state index is 4.53. The van der Waals surface area contributed by atoms with Gasteiger partial charge in [0.15, 0.2) is 0 Å². The third-order valence-corrected chi connectivity index (χ3v) is 7.52. The fraction of sp³-hybridized carbons (Fsp3) is 0.812. The largest absolute Gasteiger partial charge is 0.317 e. The number of nitrogens with one attached hydrogen (secondary N) is 1. The topological polar surface area (TPSA) is 28.2 Å². The summed E-state index contributed by atoms with van der Waals surface area (Å²) in [5.41, 5.74) is 0.647. The van der Waals surface area contributed by atoms with Gasteiger partial charge in [-0.15, -0.1) is 11.3 Å². The SMILES string of the molecule is c1csc(CN(CC2CCSC2)C2CC23CCNCC3)n1. The van der Waals surface area contributed by atoms with Gasteiger partial charge in [0.05, 0.1) is 6.54 Å². The molecule has 0 aromatic carbocycles. The first-order valence-electron chi connectivity index (χ1n) is 8.27. The number of nitrogens with zero attached hydrogens (tertiary/aromatic N) is 2. The number of thiazole rings is 1. The summed E-state index contributed by atoms with van der Waals surface area (Å²) in [5.74, 6) is 3.65. The third-order valence-electron chi connectivity index (χ3n) is 5.53. The lowest BCUT2D eigenvalue weighted by atomic mass is 9.93. The summed E-state index contributed by atoms with van der Waals surface area (Å²) in [6.07, 6.45) is 7.56. The maximum Gasteiger partial charge on any atom is 0.107 e. The van der Waals surface area contributed by atoms with Gasteiger partial charge in [-0.1, -0.05) is 0 Å². The average molecular weight is 324 g/mol. The summed E-state index contributed by atoms with van der Waals surface area (Å²) < 4.78 is 0. The molecule has 2 aliphatic heterocycles. The van der Waals surface area contributed by atoms with Gasteiger partial charge < -0.3 is 5.32 Å². The van der Waals surface area contributed by atoms with E-state index in [1.54, 1.807) is 0 Å². The molecule has 116 valence electrons. The van der Waals surface area contributed by atoms with Gasteiger partial charge in [-0.3, -0.25) is 4.90 Å². The van der Waals surface area contributed by atoms with Crippen molar-refractivity contribution in [2.75, 3.05) is 31.1 Å². The molecule has 1 aromatic heterocycles. The van der Waals surface area contributed by atoms with Crippen molar-refractivity contribution in [1.29, 1.82) is 0 Å². The Balaban J connectivity index is 1.44. The quantitative estimate of drug-likeness (QED) is 0.902. The average Bonchev–Trinajstić information content (AvgIpc) is 2.96. The maximum atomic E-state index is 4.53. The molecule has 0 radical (unpaired) electrons. The van der Waals surface area contributed by atoms with Crippen molar-refractivity contribution < 1.29 is 0 Å². The smallest absolute Gasteiger partial charge is 0.107 e. The van der Waals surface area contributed by atoms with Crippen LogP contribution in [0.3, 0.4) is 0 Å². The Kier molecular flexibility index (Phi) is 4.27. The normalized spacial score (nSPS) is 31.1. The first-order valence-corrected chi connectivity index (χ1v) is 10.3. The Hall–Kier alpha value is -0.100.